The van der Waals surface area contributed by atoms with Gasteiger partial charge in [0, 0.05) is 5.92 Å². The van der Waals surface area contributed by atoms with E-state index in [4.69, 9.17) is 4.52 Å². The number of amides is 2. The van der Waals surface area contributed by atoms with Gasteiger partial charge in [-0.1, -0.05) is 23.7 Å². The Kier molecular flexibility index (Phi) is 4.80. The molecule has 0 bridgehead atoms. The first-order valence-electron chi connectivity index (χ1n) is 8.23. The standard InChI is InChI=1S/C17H22N4O3/c1-3-12(9-22)18-17(23)19-14-7-4-10(2)8-13(14)16-20-15(21-24-16)11-5-6-11/h4,7-8,11-12,22H,3,5-6,9H2,1-2H3,(H2,18,19,23). The number of nitrogens with zero attached hydrogens (tertiary/aromatic N) is 2. The molecule has 1 fully saturated rings. The molecule has 0 saturated heterocycles. The molecule has 128 valence electrons. The van der Waals surface area contributed by atoms with Crippen LogP contribution in [0.5, 0.6) is 0 Å². The molecular formula is C17H22N4O3. The van der Waals surface area contributed by atoms with E-state index in [9.17, 15) is 9.90 Å². The summed E-state index contributed by atoms with van der Waals surface area (Å²) in [5.74, 6) is 1.54. The van der Waals surface area contributed by atoms with Crippen molar-refractivity contribution >= 4 is 11.7 Å². The molecule has 0 radical (unpaired) electrons. The molecule has 0 spiro atoms. The van der Waals surface area contributed by atoms with Gasteiger partial charge in [0.1, 0.15) is 0 Å². The van der Waals surface area contributed by atoms with E-state index < -0.39 is 0 Å². The van der Waals surface area contributed by atoms with E-state index in [0.717, 1.165) is 24.2 Å². The number of aliphatic hydroxyl groups is 1. The quantitative estimate of drug-likeness (QED) is 0.756. The van der Waals surface area contributed by atoms with Crippen molar-refractivity contribution in [3.63, 3.8) is 0 Å². The first-order valence-corrected chi connectivity index (χ1v) is 8.23. The van der Waals surface area contributed by atoms with Gasteiger partial charge < -0.3 is 20.3 Å². The highest BCUT2D eigenvalue weighted by Gasteiger charge is 2.29. The number of anilines is 1. The summed E-state index contributed by atoms with van der Waals surface area (Å²) in [5.41, 5.74) is 2.32. The highest BCUT2D eigenvalue weighted by Crippen LogP contribution is 2.39. The van der Waals surface area contributed by atoms with Crippen LogP contribution < -0.4 is 10.6 Å². The Morgan fingerprint density at radius 1 is 1.46 bits per heavy atom. The fourth-order valence-corrected chi connectivity index (χ4v) is 2.42. The maximum absolute atomic E-state index is 12.1. The van der Waals surface area contributed by atoms with Gasteiger partial charge in [-0.2, -0.15) is 4.98 Å². The summed E-state index contributed by atoms with van der Waals surface area (Å²) < 4.78 is 5.38. The van der Waals surface area contributed by atoms with Crippen LogP contribution in [0.3, 0.4) is 0 Å². The Labute approximate surface area is 140 Å². The topological polar surface area (TPSA) is 100 Å². The van der Waals surface area contributed by atoms with Gasteiger partial charge in [0.05, 0.1) is 23.9 Å². The Balaban J connectivity index is 1.81. The third-order valence-electron chi connectivity index (χ3n) is 4.09. The molecule has 1 aliphatic rings. The van der Waals surface area contributed by atoms with E-state index in [1.54, 1.807) is 0 Å². The molecule has 1 aliphatic carbocycles. The first-order chi connectivity index (χ1) is 11.6. The zero-order valence-corrected chi connectivity index (χ0v) is 13.9. The maximum Gasteiger partial charge on any atom is 0.319 e. The number of aromatic nitrogens is 2. The monoisotopic (exact) mass is 330 g/mol. The van der Waals surface area contributed by atoms with Gasteiger partial charge >= 0.3 is 6.03 Å². The van der Waals surface area contributed by atoms with Gasteiger partial charge in [0.15, 0.2) is 5.82 Å². The lowest BCUT2D eigenvalue weighted by atomic mass is 10.1. The molecule has 7 heteroatoms. The smallest absolute Gasteiger partial charge is 0.319 e. The number of aryl methyl sites for hydroxylation is 1. The average molecular weight is 330 g/mol. The van der Waals surface area contributed by atoms with Gasteiger partial charge in [-0.05, 0) is 38.3 Å². The third-order valence-corrected chi connectivity index (χ3v) is 4.09. The molecule has 24 heavy (non-hydrogen) atoms. The Bertz CT molecular complexity index is 720. The van der Waals surface area contributed by atoms with Crippen molar-refractivity contribution in [2.45, 2.75) is 45.1 Å². The summed E-state index contributed by atoms with van der Waals surface area (Å²) in [6.07, 6.45) is 2.85. The van der Waals surface area contributed by atoms with Crippen molar-refractivity contribution < 1.29 is 14.4 Å². The number of hydrogen-bond acceptors (Lipinski definition) is 5. The van der Waals surface area contributed by atoms with Crippen LogP contribution in [0.1, 0.15) is 43.5 Å². The highest BCUT2D eigenvalue weighted by atomic mass is 16.5. The van der Waals surface area contributed by atoms with Crippen LogP contribution in [0, 0.1) is 6.92 Å². The van der Waals surface area contributed by atoms with Gasteiger partial charge in [-0.3, -0.25) is 0 Å². The fourth-order valence-electron chi connectivity index (χ4n) is 2.42. The number of benzene rings is 1. The molecule has 1 heterocycles. The van der Waals surface area contributed by atoms with Crippen molar-refractivity contribution in [3.8, 4) is 11.5 Å². The second-order valence-electron chi connectivity index (χ2n) is 6.17. The number of hydrogen-bond donors (Lipinski definition) is 3. The normalized spacial score (nSPS) is 15.1. The summed E-state index contributed by atoms with van der Waals surface area (Å²) in [5, 5.41) is 18.8. The molecule has 1 aromatic carbocycles. The second-order valence-corrected chi connectivity index (χ2v) is 6.17. The van der Waals surface area contributed by atoms with E-state index in [2.05, 4.69) is 20.8 Å². The number of carbonyl (C=O) groups excluding carboxylic acids is 1. The zero-order valence-electron chi connectivity index (χ0n) is 13.9. The molecule has 1 atom stereocenters. The number of urea groups is 1. The molecule has 2 amide bonds. The van der Waals surface area contributed by atoms with Gasteiger partial charge in [-0.25, -0.2) is 4.79 Å². The van der Waals surface area contributed by atoms with Crippen molar-refractivity contribution in [1.82, 2.24) is 15.5 Å². The Morgan fingerprint density at radius 2 is 2.25 bits per heavy atom. The molecule has 7 nitrogen and oxygen atoms in total. The SMILES string of the molecule is CCC(CO)NC(=O)Nc1ccc(C)cc1-c1nc(C2CC2)no1. The lowest BCUT2D eigenvalue weighted by Crippen LogP contribution is -2.39. The third kappa shape index (κ3) is 3.73. The first kappa shape index (κ1) is 16.4. The number of nitrogens with one attached hydrogen (secondary N) is 2. The van der Waals surface area contributed by atoms with E-state index in [-0.39, 0.29) is 18.7 Å². The van der Waals surface area contributed by atoms with E-state index in [0.29, 0.717) is 29.5 Å². The highest BCUT2D eigenvalue weighted by molar-refractivity contribution is 5.93. The van der Waals surface area contributed by atoms with Crippen LogP contribution in [-0.4, -0.2) is 33.9 Å². The molecule has 3 N–H and O–H groups in total. The summed E-state index contributed by atoms with van der Waals surface area (Å²) in [4.78, 5) is 16.6. The predicted octanol–water partition coefficient (Wildman–Crippen LogP) is 2.81. The van der Waals surface area contributed by atoms with Crippen molar-refractivity contribution in [3.05, 3.63) is 29.6 Å². The minimum Gasteiger partial charge on any atom is -0.394 e. The molecule has 1 aromatic heterocycles. The van der Waals surface area contributed by atoms with Crippen LogP contribution >= 0.6 is 0 Å². The van der Waals surface area contributed by atoms with Gasteiger partial charge in [0.2, 0.25) is 0 Å². The van der Waals surface area contributed by atoms with Crippen LogP contribution in [0.2, 0.25) is 0 Å². The minimum absolute atomic E-state index is 0.0981. The second kappa shape index (κ2) is 7.00. The molecule has 0 aliphatic heterocycles. The average Bonchev–Trinajstić information content (AvgIpc) is 3.31. The summed E-state index contributed by atoms with van der Waals surface area (Å²) in [6.45, 7) is 3.76. The lowest BCUT2D eigenvalue weighted by Gasteiger charge is -2.16. The number of carbonyl (C=O) groups is 1. The largest absolute Gasteiger partial charge is 0.394 e. The molecule has 1 saturated carbocycles. The number of rotatable bonds is 6. The van der Waals surface area contributed by atoms with Crippen LogP contribution in [-0.2, 0) is 0 Å². The Morgan fingerprint density at radius 3 is 2.92 bits per heavy atom. The van der Waals surface area contributed by atoms with Crippen molar-refractivity contribution in [2.24, 2.45) is 0 Å². The predicted molar refractivity (Wildman–Crippen MR) is 89.8 cm³/mol. The molecule has 1 unspecified atom stereocenters. The molecular weight excluding hydrogens is 308 g/mol. The van der Waals surface area contributed by atoms with Gasteiger partial charge in [-0.15, -0.1) is 0 Å². The van der Waals surface area contributed by atoms with Crippen LogP contribution in [0.4, 0.5) is 10.5 Å². The fraction of sp³-hybridized carbons (Fsp3) is 0.471. The minimum atomic E-state index is -0.372. The summed E-state index contributed by atoms with van der Waals surface area (Å²) in [6, 6.07) is 4.97. The van der Waals surface area contributed by atoms with Crippen LogP contribution in [0.15, 0.2) is 22.7 Å². The van der Waals surface area contributed by atoms with E-state index in [1.165, 1.54) is 0 Å². The number of aliphatic hydroxyl groups excluding tert-OH is 1. The van der Waals surface area contributed by atoms with E-state index in [1.807, 2.05) is 32.0 Å². The van der Waals surface area contributed by atoms with Crippen molar-refractivity contribution in [2.75, 3.05) is 11.9 Å². The lowest BCUT2D eigenvalue weighted by molar-refractivity contribution is 0.222. The summed E-state index contributed by atoms with van der Waals surface area (Å²) >= 11 is 0. The zero-order chi connectivity index (χ0) is 17.1. The van der Waals surface area contributed by atoms with Gasteiger partial charge in [0.25, 0.3) is 5.89 Å². The Hall–Kier alpha value is -2.41. The summed E-state index contributed by atoms with van der Waals surface area (Å²) in [7, 11) is 0. The molecule has 2 aromatic rings. The van der Waals surface area contributed by atoms with Crippen LogP contribution in [0.25, 0.3) is 11.5 Å². The van der Waals surface area contributed by atoms with E-state index >= 15 is 0 Å². The maximum atomic E-state index is 12.1. The van der Waals surface area contributed by atoms with Crippen molar-refractivity contribution in [1.29, 1.82) is 0 Å². The molecule has 3 rings (SSSR count).